The van der Waals surface area contributed by atoms with Crippen molar-refractivity contribution >= 4 is 35.0 Å². The molecule has 0 fully saturated rings. The first kappa shape index (κ1) is 22.2. The van der Waals surface area contributed by atoms with Crippen LogP contribution < -0.4 is 15.4 Å². The number of furan rings is 1. The summed E-state index contributed by atoms with van der Waals surface area (Å²) >= 11 is 1.40. The Morgan fingerprint density at radius 3 is 2.33 bits per heavy atom. The molecule has 0 saturated carbocycles. The van der Waals surface area contributed by atoms with E-state index < -0.39 is 5.25 Å². The third-order valence-electron chi connectivity index (χ3n) is 4.79. The summed E-state index contributed by atoms with van der Waals surface area (Å²) in [6.07, 6.45) is 1.45. The van der Waals surface area contributed by atoms with Crippen molar-refractivity contribution in [2.75, 3.05) is 17.7 Å². The van der Waals surface area contributed by atoms with Gasteiger partial charge in [0.05, 0.1) is 13.4 Å². The maximum atomic E-state index is 13.2. The summed E-state index contributed by atoms with van der Waals surface area (Å²) < 4.78 is 10.3. The zero-order valence-electron chi connectivity index (χ0n) is 17.9. The molecule has 4 rings (SSSR count). The van der Waals surface area contributed by atoms with E-state index in [1.54, 1.807) is 49.6 Å². The van der Waals surface area contributed by atoms with E-state index in [1.807, 2.05) is 48.5 Å². The van der Waals surface area contributed by atoms with Gasteiger partial charge in [-0.15, -0.1) is 11.8 Å². The molecule has 2 amide bonds. The third-order valence-corrected chi connectivity index (χ3v) is 6.04. The molecule has 0 saturated heterocycles. The van der Waals surface area contributed by atoms with Gasteiger partial charge in [0.1, 0.15) is 11.0 Å². The highest BCUT2D eigenvalue weighted by Crippen LogP contribution is 2.37. The molecule has 0 spiro atoms. The molecule has 2 N–H and O–H groups in total. The molecule has 0 aliphatic carbocycles. The van der Waals surface area contributed by atoms with E-state index >= 15 is 0 Å². The van der Waals surface area contributed by atoms with Crippen LogP contribution in [0.1, 0.15) is 21.4 Å². The number of rotatable bonds is 8. The Kier molecular flexibility index (Phi) is 7.12. The zero-order valence-corrected chi connectivity index (χ0v) is 18.7. The molecule has 6 nitrogen and oxygen atoms in total. The summed E-state index contributed by atoms with van der Waals surface area (Å²) in [7, 11) is 1.60. The molecule has 1 atom stereocenters. The predicted molar refractivity (Wildman–Crippen MR) is 130 cm³/mol. The standard InChI is InChI=1S/C26H22N2O4S/c1-31-21-14-12-19(13-15-21)27-26(30)24(18-7-3-2-4-8-18)33-22-10-5-9-20(17-22)28-25(29)23-11-6-16-32-23/h2-17,24H,1H3,(H,27,30)(H,28,29). The quantitative estimate of drug-likeness (QED) is 0.316. The molecule has 33 heavy (non-hydrogen) atoms. The van der Waals surface area contributed by atoms with Crippen molar-refractivity contribution in [3.63, 3.8) is 0 Å². The summed E-state index contributed by atoms with van der Waals surface area (Å²) in [6.45, 7) is 0. The Labute approximate surface area is 196 Å². The van der Waals surface area contributed by atoms with Crippen LogP contribution in [0, 0.1) is 0 Å². The van der Waals surface area contributed by atoms with E-state index in [-0.39, 0.29) is 17.6 Å². The number of carbonyl (C=O) groups excluding carboxylic acids is 2. The van der Waals surface area contributed by atoms with Crippen molar-refractivity contribution < 1.29 is 18.7 Å². The summed E-state index contributed by atoms with van der Waals surface area (Å²) in [5.41, 5.74) is 2.17. The van der Waals surface area contributed by atoms with Gasteiger partial charge in [0, 0.05) is 16.3 Å². The molecule has 1 heterocycles. The van der Waals surface area contributed by atoms with Gasteiger partial charge in [-0.2, -0.15) is 0 Å². The minimum absolute atomic E-state index is 0.151. The second-order valence-corrected chi connectivity index (χ2v) is 8.26. The SMILES string of the molecule is COc1ccc(NC(=O)C(Sc2cccc(NC(=O)c3ccco3)c2)c2ccccc2)cc1. The monoisotopic (exact) mass is 458 g/mol. The van der Waals surface area contributed by atoms with Gasteiger partial charge in [-0.1, -0.05) is 36.4 Å². The van der Waals surface area contributed by atoms with Crippen molar-refractivity contribution in [1.29, 1.82) is 0 Å². The fraction of sp³-hybridized carbons (Fsp3) is 0.0769. The van der Waals surface area contributed by atoms with E-state index in [2.05, 4.69) is 10.6 Å². The van der Waals surface area contributed by atoms with Gasteiger partial charge in [0.25, 0.3) is 5.91 Å². The molecule has 0 bridgehead atoms. The van der Waals surface area contributed by atoms with Crippen molar-refractivity contribution in [3.05, 3.63) is 109 Å². The molecule has 0 radical (unpaired) electrons. The van der Waals surface area contributed by atoms with Gasteiger partial charge in [0.15, 0.2) is 5.76 Å². The van der Waals surface area contributed by atoms with E-state index in [1.165, 1.54) is 18.0 Å². The number of methoxy groups -OCH3 is 1. The summed E-state index contributed by atoms with van der Waals surface area (Å²) in [6, 6.07) is 27.4. The lowest BCUT2D eigenvalue weighted by Crippen LogP contribution is -2.19. The van der Waals surface area contributed by atoms with Crippen LogP contribution in [0.25, 0.3) is 0 Å². The topological polar surface area (TPSA) is 80.6 Å². The number of benzene rings is 3. The average molecular weight is 459 g/mol. The summed E-state index contributed by atoms with van der Waals surface area (Å²) in [5, 5.41) is 5.30. The number of hydrogen-bond donors (Lipinski definition) is 2. The number of anilines is 2. The fourth-order valence-electron chi connectivity index (χ4n) is 3.17. The Morgan fingerprint density at radius 1 is 0.848 bits per heavy atom. The molecule has 1 unspecified atom stereocenters. The Balaban J connectivity index is 1.53. The van der Waals surface area contributed by atoms with E-state index in [0.29, 0.717) is 11.4 Å². The largest absolute Gasteiger partial charge is 0.497 e. The lowest BCUT2D eigenvalue weighted by Gasteiger charge is -2.18. The van der Waals surface area contributed by atoms with Crippen LogP contribution in [0.15, 0.2) is 107 Å². The highest BCUT2D eigenvalue weighted by atomic mass is 32.2. The summed E-state index contributed by atoms with van der Waals surface area (Å²) in [4.78, 5) is 26.4. The second-order valence-electron chi connectivity index (χ2n) is 7.09. The molecule has 166 valence electrons. The van der Waals surface area contributed by atoms with Crippen LogP contribution in [0.4, 0.5) is 11.4 Å². The lowest BCUT2D eigenvalue weighted by atomic mass is 10.1. The lowest BCUT2D eigenvalue weighted by molar-refractivity contribution is -0.115. The number of ether oxygens (including phenoxy) is 1. The first-order valence-electron chi connectivity index (χ1n) is 10.2. The molecule has 3 aromatic carbocycles. The average Bonchev–Trinajstić information content (AvgIpc) is 3.39. The number of amides is 2. The van der Waals surface area contributed by atoms with Gasteiger partial charge in [-0.05, 0) is 60.2 Å². The van der Waals surface area contributed by atoms with Crippen LogP contribution in [0.5, 0.6) is 5.75 Å². The van der Waals surface area contributed by atoms with Crippen LogP contribution in [0.2, 0.25) is 0 Å². The zero-order chi connectivity index (χ0) is 23.0. The highest BCUT2D eigenvalue weighted by molar-refractivity contribution is 8.00. The van der Waals surface area contributed by atoms with Gasteiger partial charge in [0.2, 0.25) is 5.91 Å². The van der Waals surface area contributed by atoms with Gasteiger partial charge >= 0.3 is 0 Å². The Bertz CT molecular complexity index is 1210. The second kappa shape index (κ2) is 10.6. The number of nitrogens with one attached hydrogen (secondary N) is 2. The minimum Gasteiger partial charge on any atom is -0.497 e. The number of thioether (sulfide) groups is 1. The maximum Gasteiger partial charge on any atom is 0.291 e. The normalized spacial score (nSPS) is 11.4. The minimum atomic E-state index is -0.496. The van der Waals surface area contributed by atoms with E-state index in [0.717, 1.165) is 16.2 Å². The highest BCUT2D eigenvalue weighted by Gasteiger charge is 2.22. The van der Waals surface area contributed by atoms with Crippen LogP contribution in [-0.4, -0.2) is 18.9 Å². The molecule has 0 aliphatic heterocycles. The van der Waals surface area contributed by atoms with Gasteiger partial charge < -0.3 is 19.8 Å². The Morgan fingerprint density at radius 2 is 1.64 bits per heavy atom. The maximum absolute atomic E-state index is 13.2. The molecule has 0 aliphatic rings. The third kappa shape index (κ3) is 5.84. The van der Waals surface area contributed by atoms with Gasteiger partial charge in [-0.25, -0.2) is 0 Å². The fourth-order valence-corrected chi connectivity index (χ4v) is 4.25. The van der Waals surface area contributed by atoms with Gasteiger partial charge in [-0.3, -0.25) is 9.59 Å². The molecule has 4 aromatic rings. The van der Waals surface area contributed by atoms with Crippen LogP contribution in [0.3, 0.4) is 0 Å². The van der Waals surface area contributed by atoms with Crippen molar-refractivity contribution in [3.8, 4) is 5.75 Å². The van der Waals surface area contributed by atoms with Crippen molar-refractivity contribution in [1.82, 2.24) is 0 Å². The van der Waals surface area contributed by atoms with E-state index in [9.17, 15) is 9.59 Å². The predicted octanol–water partition coefficient (Wildman–Crippen LogP) is 6.01. The van der Waals surface area contributed by atoms with Crippen molar-refractivity contribution in [2.24, 2.45) is 0 Å². The number of carbonyl (C=O) groups is 2. The molecular weight excluding hydrogens is 436 g/mol. The smallest absolute Gasteiger partial charge is 0.291 e. The number of hydrogen-bond acceptors (Lipinski definition) is 5. The first-order valence-corrected chi connectivity index (χ1v) is 11.1. The summed E-state index contributed by atoms with van der Waals surface area (Å²) in [5.74, 6) is 0.463. The van der Waals surface area contributed by atoms with Crippen LogP contribution in [-0.2, 0) is 4.79 Å². The van der Waals surface area contributed by atoms with Crippen molar-refractivity contribution in [2.45, 2.75) is 10.1 Å². The van der Waals surface area contributed by atoms with Crippen LogP contribution >= 0.6 is 11.8 Å². The molecule has 1 aromatic heterocycles. The first-order chi connectivity index (χ1) is 16.1. The molecule has 7 heteroatoms. The molecular formula is C26H22N2O4S. The van der Waals surface area contributed by atoms with E-state index in [4.69, 9.17) is 9.15 Å². The Hall–Kier alpha value is -3.97.